The van der Waals surface area contributed by atoms with E-state index >= 15 is 0 Å². The summed E-state index contributed by atoms with van der Waals surface area (Å²) in [4.78, 5) is 53.3. The number of hydrogen-bond donors (Lipinski definition) is 6. The van der Waals surface area contributed by atoms with Gasteiger partial charge in [-0.2, -0.15) is 0 Å². The van der Waals surface area contributed by atoms with E-state index in [1.54, 1.807) is 20.0 Å². The van der Waals surface area contributed by atoms with E-state index in [1.165, 1.54) is 6.92 Å². The molecule has 0 bridgehead atoms. The van der Waals surface area contributed by atoms with Crippen molar-refractivity contribution in [3.8, 4) is 0 Å². The molecule has 1 heterocycles. The predicted molar refractivity (Wildman–Crippen MR) is 133 cm³/mol. The summed E-state index contributed by atoms with van der Waals surface area (Å²) in [6, 6.07) is 3.65. The number of aromatic nitrogens is 1. The number of hydrogen-bond acceptors (Lipinski definition) is 5. The number of carboxylic acid groups (broad SMARTS) is 1. The Hall–Kier alpha value is -3.40. The number of benzene rings is 1. The Morgan fingerprint density at radius 2 is 1.54 bits per heavy atom. The quantitative estimate of drug-likeness (QED) is 0.264. The van der Waals surface area contributed by atoms with E-state index < -0.39 is 47.9 Å². The van der Waals surface area contributed by atoms with Crippen LogP contribution in [0, 0.1) is 11.8 Å². The molecule has 10 heteroatoms. The number of nitrogens with two attached hydrogens (primary N) is 1. The van der Waals surface area contributed by atoms with Crippen molar-refractivity contribution in [1.82, 2.24) is 20.9 Å². The number of fused-ring (bicyclic) bond motifs is 1. The van der Waals surface area contributed by atoms with E-state index in [9.17, 15) is 24.3 Å². The van der Waals surface area contributed by atoms with Crippen LogP contribution < -0.4 is 21.7 Å². The highest BCUT2D eigenvalue weighted by Gasteiger charge is 2.32. The molecule has 2 rings (SSSR count). The standard InChI is InChI=1S/C25H37N5O5/c1-13(2)10-19(28-22(31)15(5)26)23(32)30-21(14(3)4)24(33)29-20(25(34)35)11-16-12-27-18-9-7-6-8-17(16)18/h6-9,12-15,19-21,27H,10-11,26H2,1-5H3,(H,28,31)(H,29,33)(H,30,32)(H,34,35). The summed E-state index contributed by atoms with van der Waals surface area (Å²) in [6.45, 7) is 8.83. The van der Waals surface area contributed by atoms with Crippen LogP contribution in [0.25, 0.3) is 10.9 Å². The zero-order valence-corrected chi connectivity index (χ0v) is 20.9. The molecule has 1 aromatic carbocycles. The molecule has 0 saturated carbocycles. The van der Waals surface area contributed by atoms with Gasteiger partial charge in [0.15, 0.2) is 0 Å². The van der Waals surface area contributed by atoms with Crippen molar-refractivity contribution in [2.45, 2.75) is 71.6 Å². The molecule has 0 spiro atoms. The summed E-state index contributed by atoms with van der Waals surface area (Å²) in [7, 11) is 0. The lowest BCUT2D eigenvalue weighted by Crippen LogP contribution is -2.58. The monoisotopic (exact) mass is 487 g/mol. The Morgan fingerprint density at radius 3 is 2.11 bits per heavy atom. The van der Waals surface area contributed by atoms with Crippen LogP contribution in [-0.2, 0) is 25.6 Å². The van der Waals surface area contributed by atoms with Crippen molar-refractivity contribution in [3.05, 3.63) is 36.0 Å². The maximum Gasteiger partial charge on any atom is 0.326 e. The first kappa shape index (κ1) is 27.8. The first-order valence-corrected chi connectivity index (χ1v) is 11.8. The van der Waals surface area contributed by atoms with Crippen molar-refractivity contribution in [2.75, 3.05) is 0 Å². The normalized spacial score (nSPS) is 14.9. The lowest BCUT2D eigenvalue weighted by molar-refractivity contribution is -0.142. The number of carbonyl (C=O) groups is 4. The van der Waals surface area contributed by atoms with Gasteiger partial charge in [0.1, 0.15) is 18.1 Å². The van der Waals surface area contributed by atoms with Crippen LogP contribution in [0.1, 0.15) is 46.6 Å². The van der Waals surface area contributed by atoms with E-state index in [-0.39, 0.29) is 18.3 Å². The first-order valence-electron chi connectivity index (χ1n) is 11.8. The van der Waals surface area contributed by atoms with Gasteiger partial charge in [0.05, 0.1) is 6.04 Å². The van der Waals surface area contributed by atoms with E-state index in [0.717, 1.165) is 16.5 Å². The van der Waals surface area contributed by atoms with Crippen molar-refractivity contribution in [3.63, 3.8) is 0 Å². The highest BCUT2D eigenvalue weighted by Crippen LogP contribution is 2.19. The molecule has 0 fully saturated rings. The minimum absolute atomic E-state index is 0.0737. The molecule has 2 aromatic rings. The smallest absolute Gasteiger partial charge is 0.326 e. The van der Waals surface area contributed by atoms with Crippen molar-refractivity contribution in [2.24, 2.45) is 17.6 Å². The molecular weight excluding hydrogens is 450 g/mol. The SMILES string of the molecule is CC(C)CC(NC(=O)C(C)N)C(=O)NC(C(=O)NC(Cc1c[nH]c2ccccc12)C(=O)O)C(C)C. The fourth-order valence-electron chi connectivity index (χ4n) is 3.78. The van der Waals surface area contributed by atoms with Crippen molar-refractivity contribution in [1.29, 1.82) is 0 Å². The van der Waals surface area contributed by atoms with E-state index in [0.29, 0.717) is 6.42 Å². The topological polar surface area (TPSA) is 166 Å². The van der Waals surface area contributed by atoms with Gasteiger partial charge in [0, 0.05) is 23.5 Å². The Morgan fingerprint density at radius 1 is 0.914 bits per heavy atom. The average molecular weight is 488 g/mol. The molecule has 0 aliphatic rings. The Balaban J connectivity index is 2.16. The van der Waals surface area contributed by atoms with Crippen LogP contribution in [0.15, 0.2) is 30.5 Å². The maximum atomic E-state index is 13.1. The van der Waals surface area contributed by atoms with Crippen LogP contribution in [0.4, 0.5) is 0 Å². The van der Waals surface area contributed by atoms with Gasteiger partial charge in [-0.15, -0.1) is 0 Å². The van der Waals surface area contributed by atoms with E-state index in [4.69, 9.17) is 5.73 Å². The summed E-state index contributed by atoms with van der Waals surface area (Å²) >= 11 is 0. The summed E-state index contributed by atoms with van der Waals surface area (Å²) in [5, 5.41) is 18.5. The van der Waals surface area contributed by atoms with Crippen LogP contribution in [0.3, 0.4) is 0 Å². The second kappa shape index (κ2) is 12.3. The Bertz CT molecular complexity index is 1050. The minimum Gasteiger partial charge on any atom is -0.480 e. The molecule has 3 amide bonds. The molecular formula is C25H37N5O5. The summed E-state index contributed by atoms with van der Waals surface area (Å²) in [5.74, 6) is -3.02. The number of aliphatic carboxylic acids is 1. The van der Waals surface area contributed by atoms with Crippen molar-refractivity contribution < 1.29 is 24.3 Å². The number of H-pyrrole nitrogens is 1. The average Bonchev–Trinajstić information content (AvgIpc) is 3.18. The van der Waals surface area contributed by atoms with Gasteiger partial charge < -0.3 is 31.8 Å². The molecule has 0 radical (unpaired) electrons. The number of aromatic amines is 1. The van der Waals surface area contributed by atoms with Crippen LogP contribution in [0.5, 0.6) is 0 Å². The van der Waals surface area contributed by atoms with Gasteiger partial charge in [-0.1, -0.05) is 45.9 Å². The molecule has 35 heavy (non-hydrogen) atoms. The molecule has 0 aliphatic carbocycles. The fourth-order valence-corrected chi connectivity index (χ4v) is 3.78. The molecule has 0 saturated heterocycles. The Kier molecular flexibility index (Phi) is 9.82. The zero-order valence-electron chi connectivity index (χ0n) is 20.9. The fraction of sp³-hybridized carbons (Fsp3) is 0.520. The number of para-hydroxylation sites is 1. The molecule has 192 valence electrons. The highest BCUT2D eigenvalue weighted by atomic mass is 16.4. The number of amides is 3. The molecule has 4 unspecified atom stereocenters. The number of rotatable bonds is 12. The number of nitrogens with one attached hydrogen (secondary N) is 4. The van der Waals surface area contributed by atoms with Crippen LogP contribution >= 0.6 is 0 Å². The Labute approximate surface area is 205 Å². The van der Waals surface area contributed by atoms with Gasteiger partial charge in [-0.05, 0) is 36.8 Å². The summed E-state index contributed by atoms with van der Waals surface area (Å²) in [5.41, 5.74) is 7.25. The molecule has 4 atom stereocenters. The van der Waals surface area contributed by atoms with E-state index in [2.05, 4.69) is 20.9 Å². The van der Waals surface area contributed by atoms with Crippen LogP contribution in [-0.4, -0.2) is 57.9 Å². The lowest BCUT2D eigenvalue weighted by atomic mass is 9.99. The molecule has 1 aromatic heterocycles. The molecule has 7 N–H and O–H groups in total. The molecule has 0 aliphatic heterocycles. The second-order valence-electron chi connectivity index (χ2n) is 9.67. The zero-order chi connectivity index (χ0) is 26.3. The number of carboxylic acids is 1. The minimum atomic E-state index is -1.19. The van der Waals surface area contributed by atoms with Gasteiger partial charge in [-0.3, -0.25) is 14.4 Å². The second-order valence-corrected chi connectivity index (χ2v) is 9.67. The third-order valence-electron chi connectivity index (χ3n) is 5.71. The van der Waals surface area contributed by atoms with Crippen LogP contribution in [0.2, 0.25) is 0 Å². The largest absolute Gasteiger partial charge is 0.480 e. The maximum absolute atomic E-state index is 13.1. The van der Waals surface area contributed by atoms with Crippen molar-refractivity contribution >= 4 is 34.6 Å². The predicted octanol–water partition coefficient (Wildman–Crippen LogP) is 1.30. The lowest BCUT2D eigenvalue weighted by Gasteiger charge is -2.27. The summed E-state index contributed by atoms with van der Waals surface area (Å²) in [6.07, 6.45) is 2.16. The third-order valence-corrected chi connectivity index (χ3v) is 5.71. The van der Waals surface area contributed by atoms with Gasteiger partial charge in [0.2, 0.25) is 17.7 Å². The first-order chi connectivity index (χ1) is 16.4. The van der Waals surface area contributed by atoms with Gasteiger partial charge in [-0.25, -0.2) is 4.79 Å². The van der Waals surface area contributed by atoms with E-state index in [1.807, 2.05) is 38.1 Å². The number of carbonyl (C=O) groups excluding carboxylic acids is 3. The summed E-state index contributed by atoms with van der Waals surface area (Å²) < 4.78 is 0. The van der Waals surface area contributed by atoms with Gasteiger partial charge >= 0.3 is 5.97 Å². The van der Waals surface area contributed by atoms with Gasteiger partial charge in [0.25, 0.3) is 0 Å². The highest BCUT2D eigenvalue weighted by molar-refractivity contribution is 5.94. The molecule has 10 nitrogen and oxygen atoms in total. The third kappa shape index (κ3) is 7.81.